The zero-order valence-electron chi connectivity index (χ0n) is 13.0. The first kappa shape index (κ1) is 17.1. The van der Waals surface area contributed by atoms with E-state index in [1.807, 2.05) is 0 Å². The van der Waals surface area contributed by atoms with Crippen molar-refractivity contribution in [1.82, 2.24) is 19.8 Å². The third kappa shape index (κ3) is 4.57. The van der Waals surface area contributed by atoms with Crippen molar-refractivity contribution >= 4 is 10.0 Å². The molecule has 0 unspecified atom stereocenters. The van der Waals surface area contributed by atoms with Gasteiger partial charge in [0, 0.05) is 12.6 Å². The fourth-order valence-corrected chi connectivity index (χ4v) is 3.40. The topological polar surface area (TPSA) is 78.1 Å². The fourth-order valence-electron chi connectivity index (χ4n) is 1.96. The van der Waals surface area contributed by atoms with Crippen LogP contribution in [0.5, 0.6) is 0 Å². The number of aromatic nitrogens is 2. The molecule has 20 heavy (non-hydrogen) atoms. The molecule has 0 atom stereocenters. The largest absolute Gasteiger partial charge is 0.304 e. The van der Waals surface area contributed by atoms with Crippen molar-refractivity contribution < 1.29 is 8.42 Å². The van der Waals surface area contributed by atoms with Gasteiger partial charge in [-0.05, 0) is 54.1 Å². The van der Waals surface area contributed by atoms with Crippen LogP contribution in [0.15, 0.2) is 4.90 Å². The molecule has 1 aromatic rings. The van der Waals surface area contributed by atoms with Crippen LogP contribution in [0.3, 0.4) is 0 Å². The molecule has 2 N–H and O–H groups in total. The molecule has 0 bridgehead atoms. The lowest BCUT2D eigenvalue weighted by molar-refractivity contribution is 0.268. The van der Waals surface area contributed by atoms with Crippen LogP contribution < -0.4 is 4.72 Å². The second-order valence-corrected chi connectivity index (χ2v) is 7.15. The highest BCUT2D eigenvalue weighted by molar-refractivity contribution is 7.89. The van der Waals surface area contributed by atoms with Gasteiger partial charge in [0.25, 0.3) is 0 Å². The van der Waals surface area contributed by atoms with E-state index in [9.17, 15) is 8.42 Å². The van der Waals surface area contributed by atoms with Crippen LogP contribution in [-0.4, -0.2) is 49.7 Å². The molecule has 0 spiro atoms. The molecule has 7 heteroatoms. The minimum Gasteiger partial charge on any atom is -0.304 e. The lowest BCUT2D eigenvalue weighted by Gasteiger charge is -2.20. The molecular formula is C13H26N4O2S. The Hall–Kier alpha value is -0.920. The number of unbranched alkanes of at least 4 members (excludes halogenated alkanes) is 1. The first-order valence-corrected chi connectivity index (χ1v) is 8.45. The second-order valence-electron chi connectivity index (χ2n) is 5.44. The molecule has 0 aromatic carbocycles. The standard InChI is InChI=1S/C13H26N4O2S/c1-10(2)17(5)9-7-6-8-14-20(18,19)13-11(3)15-16-12(13)4/h10,14H,6-9H2,1-5H3,(H,15,16). The van der Waals surface area contributed by atoms with E-state index in [1.54, 1.807) is 13.8 Å². The van der Waals surface area contributed by atoms with Crippen LogP contribution in [0.1, 0.15) is 38.1 Å². The number of sulfonamides is 1. The number of hydrogen-bond donors (Lipinski definition) is 2. The van der Waals surface area contributed by atoms with Gasteiger partial charge in [-0.2, -0.15) is 5.10 Å². The average molecular weight is 302 g/mol. The van der Waals surface area contributed by atoms with Gasteiger partial charge in [0.15, 0.2) is 0 Å². The number of H-pyrrole nitrogens is 1. The summed E-state index contributed by atoms with van der Waals surface area (Å²) >= 11 is 0. The van der Waals surface area contributed by atoms with Crippen molar-refractivity contribution in [2.75, 3.05) is 20.1 Å². The van der Waals surface area contributed by atoms with E-state index in [0.717, 1.165) is 19.4 Å². The van der Waals surface area contributed by atoms with Crippen molar-refractivity contribution in [2.24, 2.45) is 0 Å². The molecule has 1 rings (SSSR count). The Labute approximate surface area is 122 Å². The average Bonchev–Trinajstić information content (AvgIpc) is 2.68. The van der Waals surface area contributed by atoms with E-state index in [4.69, 9.17) is 0 Å². The maximum Gasteiger partial charge on any atom is 0.244 e. The molecular weight excluding hydrogens is 276 g/mol. The number of aromatic amines is 1. The zero-order chi connectivity index (χ0) is 15.3. The van der Waals surface area contributed by atoms with Gasteiger partial charge in [-0.15, -0.1) is 0 Å². The monoisotopic (exact) mass is 302 g/mol. The number of rotatable bonds is 8. The Morgan fingerprint density at radius 1 is 1.30 bits per heavy atom. The highest BCUT2D eigenvalue weighted by atomic mass is 32.2. The third-order valence-corrected chi connectivity index (χ3v) is 5.16. The van der Waals surface area contributed by atoms with Crippen molar-refractivity contribution in [2.45, 2.75) is 51.5 Å². The molecule has 0 aliphatic rings. The van der Waals surface area contributed by atoms with E-state index in [2.05, 4.69) is 40.7 Å². The second kappa shape index (κ2) is 7.19. The fraction of sp³-hybridized carbons (Fsp3) is 0.769. The van der Waals surface area contributed by atoms with Crippen LogP contribution in [0.25, 0.3) is 0 Å². The molecule has 0 fully saturated rings. The Kier molecular flexibility index (Phi) is 6.16. The highest BCUT2D eigenvalue weighted by Crippen LogP contribution is 2.16. The van der Waals surface area contributed by atoms with Gasteiger partial charge in [0.1, 0.15) is 4.90 Å². The smallest absolute Gasteiger partial charge is 0.244 e. The number of nitrogens with one attached hydrogen (secondary N) is 2. The van der Waals surface area contributed by atoms with Gasteiger partial charge in [0.2, 0.25) is 10.0 Å². The molecule has 1 heterocycles. The van der Waals surface area contributed by atoms with Gasteiger partial charge in [-0.25, -0.2) is 13.1 Å². The SMILES string of the molecule is Cc1n[nH]c(C)c1S(=O)(=O)NCCCCN(C)C(C)C. The van der Waals surface area contributed by atoms with Gasteiger partial charge < -0.3 is 4.90 Å². The van der Waals surface area contributed by atoms with Crippen molar-refractivity contribution in [3.05, 3.63) is 11.4 Å². The van der Waals surface area contributed by atoms with Gasteiger partial charge in [0.05, 0.1) is 11.4 Å². The predicted octanol–water partition coefficient (Wildman–Crippen LogP) is 1.43. The Morgan fingerprint density at radius 3 is 2.45 bits per heavy atom. The summed E-state index contributed by atoms with van der Waals surface area (Å²) in [5.74, 6) is 0. The predicted molar refractivity (Wildman–Crippen MR) is 80.3 cm³/mol. The summed E-state index contributed by atoms with van der Waals surface area (Å²) < 4.78 is 27.0. The van der Waals surface area contributed by atoms with E-state index >= 15 is 0 Å². The molecule has 0 saturated carbocycles. The van der Waals surface area contributed by atoms with Crippen molar-refractivity contribution in [3.8, 4) is 0 Å². The van der Waals surface area contributed by atoms with Crippen LogP contribution in [-0.2, 0) is 10.0 Å². The van der Waals surface area contributed by atoms with Crippen LogP contribution in [0.2, 0.25) is 0 Å². The van der Waals surface area contributed by atoms with E-state index in [-0.39, 0.29) is 4.90 Å². The summed E-state index contributed by atoms with van der Waals surface area (Å²) in [7, 11) is -1.38. The summed E-state index contributed by atoms with van der Waals surface area (Å²) in [6.07, 6.45) is 1.80. The van der Waals surface area contributed by atoms with Gasteiger partial charge in [-0.1, -0.05) is 0 Å². The molecule has 0 radical (unpaired) electrons. The van der Waals surface area contributed by atoms with E-state index in [1.165, 1.54) is 0 Å². The van der Waals surface area contributed by atoms with E-state index in [0.29, 0.717) is 24.0 Å². The normalized spacial score (nSPS) is 12.6. The lowest BCUT2D eigenvalue weighted by Crippen LogP contribution is -2.29. The minimum atomic E-state index is -3.45. The van der Waals surface area contributed by atoms with Crippen molar-refractivity contribution in [1.29, 1.82) is 0 Å². The molecule has 6 nitrogen and oxygen atoms in total. The summed E-state index contributed by atoms with van der Waals surface area (Å²) in [4.78, 5) is 2.52. The molecule has 0 saturated heterocycles. The zero-order valence-corrected chi connectivity index (χ0v) is 13.8. The first-order chi connectivity index (χ1) is 9.25. The Bertz CT molecular complexity index is 503. The van der Waals surface area contributed by atoms with Crippen LogP contribution in [0, 0.1) is 13.8 Å². The van der Waals surface area contributed by atoms with Crippen LogP contribution >= 0.6 is 0 Å². The van der Waals surface area contributed by atoms with Crippen LogP contribution in [0.4, 0.5) is 0 Å². The third-order valence-electron chi connectivity index (χ3n) is 3.44. The summed E-state index contributed by atoms with van der Waals surface area (Å²) in [6, 6.07) is 0.517. The Morgan fingerprint density at radius 2 is 1.95 bits per heavy atom. The van der Waals surface area contributed by atoms with Gasteiger partial charge in [-0.3, -0.25) is 5.10 Å². The highest BCUT2D eigenvalue weighted by Gasteiger charge is 2.21. The number of aryl methyl sites for hydroxylation is 2. The van der Waals surface area contributed by atoms with Gasteiger partial charge >= 0.3 is 0 Å². The quantitative estimate of drug-likeness (QED) is 0.712. The summed E-state index contributed by atoms with van der Waals surface area (Å²) in [5.41, 5.74) is 1.09. The molecule has 0 aliphatic heterocycles. The maximum absolute atomic E-state index is 12.2. The molecule has 1 aromatic heterocycles. The van der Waals surface area contributed by atoms with Crippen molar-refractivity contribution in [3.63, 3.8) is 0 Å². The molecule has 116 valence electrons. The minimum absolute atomic E-state index is 0.275. The maximum atomic E-state index is 12.2. The molecule has 0 amide bonds. The summed E-state index contributed by atoms with van der Waals surface area (Å²) in [5, 5.41) is 6.61. The number of hydrogen-bond acceptors (Lipinski definition) is 4. The summed E-state index contributed by atoms with van der Waals surface area (Å²) in [6.45, 7) is 9.13. The Balaban J connectivity index is 2.42. The first-order valence-electron chi connectivity index (χ1n) is 6.97. The molecule has 0 aliphatic carbocycles. The number of nitrogens with zero attached hydrogens (tertiary/aromatic N) is 2. The van der Waals surface area contributed by atoms with E-state index < -0.39 is 10.0 Å². The lowest BCUT2D eigenvalue weighted by atomic mass is 10.2.